The first-order chi connectivity index (χ1) is 17.9. The van der Waals surface area contributed by atoms with E-state index in [-0.39, 0.29) is 22.6 Å². The maximum absolute atomic E-state index is 13.5. The SMILES string of the molecule is CCCCc1nc2ccc(C)cc2c(=O)n1Cc1ccc2c(c1)CCN2C(=O)c1ccccc1C(=O)O. The zero-order valence-corrected chi connectivity index (χ0v) is 21.0. The Balaban J connectivity index is 1.48. The van der Waals surface area contributed by atoms with E-state index in [1.54, 1.807) is 27.7 Å². The summed E-state index contributed by atoms with van der Waals surface area (Å²) in [6.07, 6.45) is 3.35. The minimum absolute atomic E-state index is 0.00408. The number of unbranched alkanes of at least 4 members (excludes halogenated alkanes) is 1. The fourth-order valence-electron chi connectivity index (χ4n) is 5.02. The number of amides is 1. The lowest BCUT2D eigenvalue weighted by atomic mass is 10.1. The summed E-state index contributed by atoms with van der Waals surface area (Å²) in [4.78, 5) is 44.9. The van der Waals surface area contributed by atoms with Gasteiger partial charge in [-0.25, -0.2) is 9.78 Å². The van der Waals surface area contributed by atoms with Gasteiger partial charge in [-0.05, 0) is 61.2 Å². The van der Waals surface area contributed by atoms with E-state index in [9.17, 15) is 19.5 Å². The number of aromatic nitrogens is 2. The first-order valence-electron chi connectivity index (χ1n) is 12.6. The molecule has 0 saturated heterocycles. The van der Waals surface area contributed by atoms with Gasteiger partial charge in [-0.3, -0.25) is 14.2 Å². The molecule has 1 amide bonds. The quantitative estimate of drug-likeness (QED) is 0.390. The number of nitrogens with zero attached hydrogens (tertiary/aromatic N) is 3. The molecule has 5 rings (SSSR count). The zero-order chi connectivity index (χ0) is 26.1. The van der Waals surface area contributed by atoms with E-state index in [0.29, 0.717) is 24.9 Å². The van der Waals surface area contributed by atoms with Gasteiger partial charge in [-0.2, -0.15) is 0 Å². The van der Waals surface area contributed by atoms with Crippen LogP contribution in [0.25, 0.3) is 10.9 Å². The van der Waals surface area contributed by atoms with Crippen LogP contribution in [0.1, 0.15) is 63.0 Å². The highest BCUT2D eigenvalue weighted by molar-refractivity contribution is 6.12. The molecular formula is C30H29N3O4. The summed E-state index contributed by atoms with van der Waals surface area (Å²) in [5, 5.41) is 10.1. The van der Waals surface area contributed by atoms with E-state index in [1.165, 1.54) is 6.07 Å². The van der Waals surface area contributed by atoms with Gasteiger partial charge in [0, 0.05) is 18.7 Å². The lowest BCUT2D eigenvalue weighted by Gasteiger charge is -2.19. The first kappa shape index (κ1) is 24.4. The molecule has 4 aromatic rings. The van der Waals surface area contributed by atoms with Crippen molar-refractivity contribution in [2.24, 2.45) is 0 Å². The van der Waals surface area contributed by atoms with Gasteiger partial charge in [-0.1, -0.05) is 49.2 Å². The van der Waals surface area contributed by atoms with Crippen molar-refractivity contribution in [1.82, 2.24) is 9.55 Å². The van der Waals surface area contributed by atoms with Crippen molar-refractivity contribution in [2.45, 2.75) is 46.1 Å². The number of carbonyl (C=O) groups is 2. The molecule has 3 aromatic carbocycles. The second-order valence-corrected chi connectivity index (χ2v) is 9.56. The number of carboxylic acid groups (broad SMARTS) is 1. The monoisotopic (exact) mass is 495 g/mol. The van der Waals surface area contributed by atoms with Crippen LogP contribution in [0, 0.1) is 6.92 Å². The first-order valence-corrected chi connectivity index (χ1v) is 12.6. The average molecular weight is 496 g/mol. The van der Waals surface area contributed by atoms with Crippen molar-refractivity contribution in [3.63, 3.8) is 0 Å². The molecule has 1 aliphatic heterocycles. The van der Waals surface area contributed by atoms with Crippen LogP contribution in [-0.2, 0) is 19.4 Å². The number of carboxylic acids is 1. The van der Waals surface area contributed by atoms with Crippen LogP contribution < -0.4 is 10.5 Å². The van der Waals surface area contributed by atoms with Gasteiger partial charge in [0.25, 0.3) is 11.5 Å². The molecular weight excluding hydrogens is 466 g/mol. The zero-order valence-electron chi connectivity index (χ0n) is 21.0. The molecule has 1 aliphatic rings. The molecule has 37 heavy (non-hydrogen) atoms. The standard InChI is InChI=1S/C30H29N3O4/c1-3-4-9-27-31-25-12-10-19(2)16-24(25)29(35)33(27)18-20-11-13-26-21(17-20)14-15-32(26)28(34)22-7-5-6-8-23(22)30(36)37/h5-8,10-13,16-17H,3-4,9,14-15,18H2,1-2H3,(H,36,37). The summed E-state index contributed by atoms with van der Waals surface area (Å²) < 4.78 is 1.78. The van der Waals surface area contributed by atoms with E-state index in [2.05, 4.69) is 6.92 Å². The Kier molecular flexibility index (Phi) is 6.61. The predicted octanol–water partition coefficient (Wildman–Crippen LogP) is 5.00. The number of aryl methyl sites for hydroxylation is 2. The van der Waals surface area contributed by atoms with Crippen LogP contribution in [0.4, 0.5) is 5.69 Å². The van der Waals surface area contributed by atoms with Crippen LogP contribution in [0.15, 0.2) is 65.5 Å². The van der Waals surface area contributed by atoms with Gasteiger partial charge < -0.3 is 10.0 Å². The van der Waals surface area contributed by atoms with Crippen LogP contribution in [0.5, 0.6) is 0 Å². The van der Waals surface area contributed by atoms with Crippen LogP contribution in [0.3, 0.4) is 0 Å². The minimum Gasteiger partial charge on any atom is -0.478 e. The van der Waals surface area contributed by atoms with Crippen molar-refractivity contribution >= 4 is 28.5 Å². The Bertz CT molecular complexity index is 1590. The van der Waals surface area contributed by atoms with E-state index in [4.69, 9.17) is 4.98 Å². The molecule has 0 atom stereocenters. The Morgan fingerprint density at radius 1 is 1.03 bits per heavy atom. The number of carbonyl (C=O) groups excluding carboxylic acids is 1. The van der Waals surface area contributed by atoms with Gasteiger partial charge in [0.1, 0.15) is 5.82 Å². The van der Waals surface area contributed by atoms with Gasteiger partial charge in [0.2, 0.25) is 0 Å². The molecule has 0 saturated carbocycles. The summed E-state index contributed by atoms with van der Waals surface area (Å²) >= 11 is 0. The van der Waals surface area contributed by atoms with Crippen molar-refractivity contribution in [3.05, 3.63) is 105 Å². The van der Waals surface area contributed by atoms with Crippen LogP contribution in [0.2, 0.25) is 0 Å². The number of aromatic carboxylic acids is 1. The smallest absolute Gasteiger partial charge is 0.336 e. The molecule has 188 valence electrons. The molecule has 2 heterocycles. The fraction of sp³-hybridized carbons (Fsp3) is 0.267. The maximum Gasteiger partial charge on any atom is 0.336 e. The van der Waals surface area contributed by atoms with Gasteiger partial charge in [0.15, 0.2) is 0 Å². The summed E-state index contributed by atoms with van der Waals surface area (Å²) in [5.41, 5.74) is 4.63. The third kappa shape index (κ3) is 4.65. The van der Waals surface area contributed by atoms with E-state index in [1.807, 2.05) is 43.3 Å². The van der Waals surface area contributed by atoms with E-state index in [0.717, 1.165) is 53.0 Å². The highest BCUT2D eigenvalue weighted by atomic mass is 16.4. The second kappa shape index (κ2) is 10.0. The third-order valence-electron chi connectivity index (χ3n) is 6.96. The van der Waals surface area contributed by atoms with Gasteiger partial charge >= 0.3 is 5.97 Å². The minimum atomic E-state index is -1.12. The van der Waals surface area contributed by atoms with Gasteiger partial charge in [-0.15, -0.1) is 0 Å². The molecule has 7 nitrogen and oxygen atoms in total. The van der Waals surface area contributed by atoms with Crippen molar-refractivity contribution in [1.29, 1.82) is 0 Å². The summed E-state index contributed by atoms with van der Waals surface area (Å²) in [6.45, 7) is 4.97. The van der Waals surface area contributed by atoms with E-state index >= 15 is 0 Å². The van der Waals surface area contributed by atoms with Crippen LogP contribution >= 0.6 is 0 Å². The van der Waals surface area contributed by atoms with Crippen molar-refractivity contribution in [2.75, 3.05) is 11.4 Å². The number of rotatable bonds is 7. The lowest BCUT2D eigenvalue weighted by Crippen LogP contribution is -2.30. The van der Waals surface area contributed by atoms with Gasteiger partial charge in [0.05, 0.1) is 28.6 Å². The Labute approximate surface area is 215 Å². The largest absolute Gasteiger partial charge is 0.478 e. The van der Waals surface area contributed by atoms with Crippen molar-refractivity contribution in [3.8, 4) is 0 Å². The average Bonchev–Trinajstić information content (AvgIpc) is 3.32. The molecule has 1 aromatic heterocycles. The van der Waals surface area contributed by atoms with Crippen molar-refractivity contribution < 1.29 is 14.7 Å². The molecule has 0 radical (unpaired) electrons. The summed E-state index contributed by atoms with van der Waals surface area (Å²) in [7, 11) is 0. The third-order valence-corrected chi connectivity index (χ3v) is 6.96. The number of fused-ring (bicyclic) bond motifs is 2. The second-order valence-electron chi connectivity index (χ2n) is 9.56. The maximum atomic E-state index is 13.5. The number of hydrogen-bond acceptors (Lipinski definition) is 4. The Hall–Kier alpha value is -4.26. The Morgan fingerprint density at radius 2 is 1.81 bits per heavy atom. The summed E-state index contributed by atoms with van der Waals surface area (Å²) in [5.74, 6) is -0.662. The summed E-state index contributed by atoms with van der Waals surface area (Å²) in [6, 6.07) is 17.9. The van der Waals surface area contributed by atoms with E-state index < -0.39 is 5.97 Å². The topological polar surface area (TPSA) is 92.5 Å². The molecule has 0 fully saturated rings. The molecule has 1 N–H and O–H groups in total. The highest BCUT2D eigenvalue weighted by Crippen LogP contribution is 2.31. The number of benzene rings is 3. The number of hydrogen-bond donors (Lipinski definition) is 1. The number of anilines is 1. The molecule has 0 aliphatic carbocycles. The highest BCUT2D eigenvalue weighted by Gasteiger charge is 2.28. The Morgan fingerprint density at radius 3 is 2.57 bits per heavy atom. The lowest BCUT2D eigenvalue weighted by molar-refractivity contribution is 0.0692. The van der Waals surface area contributed by atoms with Crippen LogP contribution in [-0.4, -0.2) is 33.1 Å². The molecule has 0 bridgehead atoms. The molecule has 0 spiro atoms. The normalized spacial score (nSPS) is 12.6. The molecule has 7 heteroatoms. The molecule has 0 unspecified atom stereocenters. The fourth-order valence-corrected chi connectivity index (χ4v) is 5.02. The predicted molar refractivity (Wildman–Crippen MR) is 144 cm³/mol.